The fourth-order valence-corrected chi connectivity index (χ4v) is 2.07. The van der Waals surface area contributed by atoms with Gasteiger partial charge in [-0.25, -0.2) is 0 Å². The lowest BCUT2D eigenvalue weighted by Crippen LogP contribution is -2.28. The minimum atomic E-state index is -0.155. The molecule has 1 aliphatic heterocycles. The predicted octanol–water partition coefficient (Wildman–Crippen LogP) is 2.77. The maximum atomic E-state index is 12.0. The monoisotopic (exact) mass is 252 g/mol. The van der Waals surface area contributed by atoms with Gasteiger partial charge in [0.2, 0.25) is 0 Å². The number of hydrogen-bond acceptors (Lipinski definition) is 2. The second-order valence-corrected chi connectivity index (χ2v) is 4.46. The van der Waals surface area contributed by atoms with Crippen LogP contribution in [-0.4, -0.2) is 23.9 Å². The third-order valence-electron chi connectivity index (χ3n) is 3.10. The van der Waals surface area contributed by atoms with E-state index in [0.717, 1.165) is 31.5 Å². The number of rotatable bonds is 3. The van der Waals surface area contributed by atoms with E-state index in [4.69, 9.17) is 5.26 Å². The zero-order valence-corrected chi connectivity index (χ0v) is 10.7. The van der Waals surface area contributed by atoms with Crippen LogP contribution in [0.5, 0.6) is 0 Å². The topological polar surface area (TPSA) is 44.1 Å². The maximum absolute atomic E-state index is 12.0. The van der Waals surface area contributed by atoms with E-state index in [-0.39, 0.29) is 11.5 Å². The first kappa shape index (κ1) is 13.1. The molecule has 0 unspecified atom stereocenters. The van der Waals surface area contributed by atoms with Gasteiger partial charge in [0.05, 0.1) is 0 Å². The molecule has 1 heterocycles. The highest BCUT2D eigenvalue weighted by Crippen LogP contribution is 2.11. The lowest BCUT2D eigenvalue weighted by molar-refractivity contribution is -0.125. The van der Waals surface area contributed by atoms with Crippen LogP contribution >= 0.6 is 0 Å². The van der Waals surface area contributed by atoms with Crippen molar-refractivity contribution in [2.45, 2.75) is 12.8 Å². The molecule has 0 atom stereocenters. The van der Waals surface area contributed by atoms with Crippen molar-refractivity contribution in [2.75, 3.05) is 13.1 Å². The van der Waals surface area contributed by atoms with E-state index in [1.54, 1.807) is 17.1 Å². The van der Waals surface area contributed by atoms with Crippen molar-refractivity contribution in [3.63, 3.8) is 0 Å². The van der Waals surface area contributed by atoms with E-state index < -0.39 is 0 Å². The normalized spacial score (nSPS) is 15.7. The summed E-state index contributed by atoms with van der Waals surface area (Å²) < 4.78 is 0. The van der Waals surface area contributed by atoms with Gasteiger partial charge in [0, 0.05) is 13.1 Å². The largest absolute Gasteiger partial charge is 0.338 e. The van der Waals surface area contributed by atoms with Crippen molar-refractivity contribution in [1.82, 2.24) is 4.90 Å². The molecule has 96 valence electrons. The van der Waals surface area contributed by atoms with Gasteiger partial charge in [0.25, 0.3) is 5.91 Å². The summed E-state index contributed by atoms with van der Waals surface area (Å²) in [5, 5.41) is 9.05. The van der Waals surface area contributed by atoms with Crippen LogP contribution in [0.1, 0.15) is 18.4 Å². The maximum Gasteiger partial charge on any atom is 0.264 e. The van der Waals surface area contributed by atoms with Gasteiger partial charge in [0.15, 0.2) is 0 Å². The molecule has 1 aromatic rings. The van der Waals surface area contributed by atoms with Crippen LogP contribution < -0.4 is 0 Å². The van der Waals surface area contributed by atoms with E-state index in [0.29, 0.717) is 0 Å². The molecule has 0 saturated carbocycles. The van der Waals surface area contributed by atoms with Crippen molar-refractivity contribution in [2.24, 2.45) is 0 Å². The number of carbonyl (C=O) groups is 1. The summed E-state index contributed by atoms with van der Waals surface area (Å²) in [6, 6.07) is 11.8. The highest BCUT2D eigenvalue weighted by Gasteiger charge is 2.20. The van der Waals surface area contributed by atoms with E-state index in [9.17, 15) is 4.79 Å². The highest BCUT2D eigenvalue weighted by molar-refractivity contribution is 5.97. The lowest BCUT2D eigenvalue weighted by atomic mass is 10.2. The highest BCUT2D eigenvalue weighted by atomic mass is 16.2. The molecule has 1 fully saturated rings. The summed E-state index contributed by atoms with van der Waals surface area (Å²) in [5.41, 5.74) is 1.25. The van der Waals surface area contributed by atoms with Crippen LogP contribution in [0.2, 0.25) is 0 Å². The van der Waals surface area contributed by atoms with E-state index >= 15 is 0 Å². The second kappa shape index (κ2) is 6.55. The average molecular weight is 252 g/mol. The minimum absolute atomic E-state index is 0.155. The summed E-state index contributed by atoms with van der Waals surface area (Å²) in [6.45, 7) is 1.53. The van der Waals surface area contributed by atoms with Crippen molar-refractivity contribution in [1.29, 1.82) is 5.26 Å². The molecule has 3 heteroatoms. The molecule has 0 N–H and O–H groups in total. The molecule has 1 aliphatic rings. The number of carbonyl (C=O) groups excluding carboxylic acids is 1. The van der Waals surface area contributed by atoms with Gasteiger partial charge in [0.1, 0.15) is 11.6 Å². The number of nitrogens with zero attached hydrogens (tertiary/aromatic N) is 2. The Morgan fingerprint density at radius 2 is 1.89 bits per heavy atom. The number of benzene rings is 1. The zero-order chi connectivity index (χ0) is 13.5. The molecule has 1 amide bonds. The first-order chi connectivity index (χ1) is 9.31. The Hall–Kier alpha value is -2.34. The van der Waals surface area contributed by atoms with Gasteiger partial charge in [-0.3, -0.25) is 4.79 Å². The number of allylic oxidation sites excluding steroid dienone is 2. The molecule has 0 aliphatic carbocycles. The lowest BCUT2D eigenvalue weighted by Gasteiger charge is -2.13. The fraction of sp³-hybridized carbons (Fsp3) is 0.250. The summed E-state index contributed by atoms with van der Waals surface area (Å²) in [6.07, 6.45) is 7.29. The van der Waals surface area contributed by atoms with Gasteiger partial charge in [-0.2, -0.15) is 5.26 Å². The van der Waals surface area contributed by atoms with E-state index in [2.05, 4.69) is 0 Å². The van der Waals surface area contributed by atoms with Crippen molar-refractivity contribution >= 4 is 12.0 Å². The molecule has 1 aromatic carbocycles. The van der Waals surface area contributed by atoms with Crippen LogP contribution in [0.15, 0.2) is 48.1 Å². The van der Waals surface area contributed by atoms with Crippen LogP contribution in [0.25, 0.3) is 6.08 Å². The number of amides is 1. The molecule has 0 bridgehead atoms. The number of likely N-dealkylation sites (tertiary alicyclic amines) is 1. The Morgan fingerprint density at radius 1 is 1.21 bits per heavy atom. The van der Waals surface area contributed by atoms with Gasteiger partial charge in [-0.1, -0.05) is 42.5 Å². The van der Waals surface area contributed by atoms with Crippen LogP contribution in [0.4, 0.5) is 0 Å². The average Bonchev–Trinajstić information content (AvgIpc) is 2.98. The number of hydrogen-bond donors (Lipinski definition) is 0. The summed E-state index contributed by atoms with van der Waals surface area (Å²) in [4.78, 5) is 13.8. The minimum Gasteiger partial charge on any atom is -0.338 e. The van der Waals surface area contributed by atoms with Gasteiger partial charge >= 0.3 is 0 Å². The fourth-order valence-electron chi connectivity index (χ4n) is 2.07. The van der Waals surface area contributed by atoms with Crippen molar-refractivity contribution in [3.8, 4) is 6.07 Å². The van der Waals surface area contributed by atoms with Crippen molar-refractivity contribution in [3.05, 3.63) is 53.6 Å². The predicted molar refractivity (Wildman–Crippen MR) is 75.0 cm³/mol. The second-order valence-electron chi connectivity index (χ2n) is 4.46. The van der Waals surface area contributed by atoms with Crippen LogP contribution in [-0.2, 0) is 4.79 Å². The Labute approximate surface area is 113 Å². The smallest absolute Gasteiger partial charge is 0.264 e. The molecular formula is C16H16N2O. The molecule has 3 nitrogen and oxygen atoms in total. The first-order valence-corrected chi connectivity index (χ1v) is 6.44. The summed E-state index contributed by atoms with van der Waals surface area (Å²) >= 11 is 0. The Balaban J connectivity index is 2.05. The van der Waals surface area contributed by atoms with Crippen LogP contribution in [0, 0.1) is 11.3 Å². The molecule has 0 radical (unpaired) electrons. The summed E-state index contributed by atoms with van der Waals surface area (Å²) in [7, 11) is 0. The third kappa shape index (κ3) is 3.56. The standard InChI is InChI=1S/C16H16N2O/c17-13-15(16(19)18-11-4-5-12-18)10-6-9-14-7-2-1-3-8-14/h1-3,6-10H,4-5,11-12H2/b9-6?,15-10+. The summed E-state index contributed by atoms with van der Waals surface area (Å²) in [5.74, 6) is -0.155. The molecular weight excluding hydrogens is 236 g/mol. The first-order valence-electron chi connectivity index (χ1n) is 6.44. The Kier molecular flexibility index (Phi) is 4.52. The molecule has 2 rings (SSSR count). The quantitative estimate of drug-likeness (QED) is 0.471. The number of nitriles is 1. The Bertz CT molecular complexity index is 532. The van der Waals surface area contributed by atoms with Gasteiger partial charge in [-0.05, 0) is 24.5 Å². The third-order valence-corrected chi connectivity index (χ3v) is 3.10. The van der Waals surface area contributed by atoms with Crippen LogP contribution in [0.3, 0.4) is 0 Å². The van der Waals surface area contributed by atoms with Gasteiger partial charge in [-0.15, -0.1) is 0 Å². The molecule has 0 aromatic heterocycles. The van der Waals surface area contributed by atoms with Gasteiger partial charge < -0.3 is 4.90 Å². The van der Waals surface area contributed by atoms with E-state index in [1.807, 2.05) is 42.5 Å². The molecule has 1 saturated heterocycles. The molecule has 19 heavy (non-hydrogen) atoms. The van der Waals surface area contributed by atoms with Crippen molar-refractivity contribution < 1.29 is 4.79 Å². The van der Waals surface area contributed by atoms with E-state index in [1.165, 1.54) is 0 Å². The SMILES string of the molecule is N#C/C(=C\C=Cc1ccccc1)C(=O)N1CCCC1. The Morgan fingerprint density at radius 3 is 2.53 bits per heavy atom. The molecule has 0 spiro atoms. The zero-order valence-electron chi connectivity index (χ0n) is 10.7.